The highest BCUT2D eigenvalue weighted by molar-refractivity contribution is 5.60. The molecule has 0 atom stereocenters. The first-order valence-corrected chi connectivity index (χ1v) is 7.42. The number of nitrogens with zero attached hydrogens (tertiary/aromatic N) is 1. The van der Waals surface area contributed by atoms with Crippen LogP contribution in [0.3, 0.4) is 0 Å². The lowest BCUT2D eigenvalue weighted by Gasteiger charge is -2.11. The highest BCUT2D eigenvalue weighted by Crippen LogP contribution is 2.21. The molecule has 0 radical (unpaired) electrons. The molecule has 1 N–H and O–H groups in total. The predicted molar refractivity (Wildman–Crippen MR) is 87.5 cm³/mol. The Kier molecular flexibility index (Phi) is 5.34. The lowest BCUT2D eigenvalue weighted by molar-refractivity contribution is 0.415. The quantitative estimate of drug-likeness (QED) is 0.876. The third-order valence-electron chi connectivity index (χ3n) is 3.45. The maximum absolute atomic E-state index is 5.18. The molecule has 1 heterocycles. The van der Waals surface area contributed by atoms with E-state index in [1.807, 2.05) is 24.3 Å². The molecule has 21 heavy (non-hydrogen) atoms. The Labute approximate surface area is 127 Å². The van der Waals surface area contributed by atoms with Crippen molar-refractivity contribution in [3.8, 4) is 17.0 Å². The van der Waals surface area contributed by atoms with Gasteiger partial charge in [0.05, 0.1) is 12.8 Å². The smallest absolute Gasteiger partial charge is 0.118 e. The molecule has 1 aromatic carbocycles. The van der Waals surface area contributed by atoms with E-state index in [1.54, 1.807) is 7.11 Å². The van der Waals surface area contributed by atoms with Gasteiger partial charge in [0, 0.05) is 17.8 Å². The summed E-state index contributed by atoms with van der Waals surface area (Å²) >= 11 is 0. The van der Waals surface area contributed by atoms with Crippen LogP contribution in [-0.2, 0) is 6.54 Å². The molecule has 0 bridgehead atoms. The Hall–Kier alpha value is -1.87. The summed E-state index contributed by atoms with van der Waals surface area (Å²) in [6.45, 7) is 8.40. The Morgan fingerprint density at radius 1 is 1.10 bits per heavy atom. The van der Waals surface area contributed by atoms with E-state index in [1.165, 1.54) is 5.56 Å². The SMILES string of the molecule is COc1ccc(-c2ccc(CNCC(C)C)c(C)n2)cc1. The van der Waals surface area contributed by atoms with Gasteiger partial charge in [-0.05, 0) is 55.3 Å². The van der Waals surface area contributed by atoms with Crippen molar-refractivity contribution in [2.75, 3.05) is 13.7 Å². The molecule has 0 aliphatic carbocycles. The fourth-order valence-electron chi connectivity index (χ4n) is 2.19. The van der Waals surface area contributed by atoms with Crippen LogP contribution in [0.2, 0.25) is 0 Å². The fraction of sp³-hybridized carbons (Fsp3) is 0.389. The largest absolute Gasteiger partial charge is 0.497 e. The van der Waals surface area contributed by atoms with Crippen LogP contribution >= 0.6 is 0 Å². The Morgan fingerprint density at radius 3 is 2.38 bits per heavy atom. The normalized spacial score (nSPS) is 10.9. The minimum Gasteiger partial charge on any atom is -0.497 e. The molecule has 3 nitrogen and oxygen atoms in total. The van der Waals surface area contributed by atoms with E-state index in [2.05, 4.69) is 38.2 Å². The molecule has 1 aromatic heterocycles. The first-order valence-electron chi connectivity index (χ1n) is 7.42. The number of nitrogens with one attached hydrogen (secondary N) is 1. The number of hydrogen-bond donors (Lipinski definition) is 1. The van der Waals surface area contributed by atoms with Gasteiger partial charge >= 0.3 is 0 Å². The third-order valence-corrected chi connectivity index (χ3v) is 3.45. The second-order valence-corrected chi connectivity index (χ2v) is 5.69. The molecule has 0 saturated heterocycles. The number of aromatic nitrogens is 1. The Bertz CT molecular complexity index is 576. The Balaban J connectivity index is 2.10. The summed E-state index contributed by atoms with van der Waals surface area (Å²) in [5.74, 6) is 1.53. The molecular formula is C18H24N2O. The van der Waals surface area contributed by atoms with Gasteiger partial charge < -0.3 is 10.1 Å². The van der Waals surface area contributed by atoms with Gasteiger partial charge in [-0.3, -0.25) is 4.98 Å². The number of ether oxygens (including phenoxy) is 1. The van der Waals surface area contributed by atoms with Crippen LogP contribution in [0, 0.1) is 12.8 Å². The minimum atomic E-state index is 0.664. The van der Waals surface area contributed by atoms with Crippen LogP contribution in [0.5, 0.6) is 5.75 Å². The van der Waals surface area contributed by atoms with E-state index < -0.39 is 0 Å². The summed E-state index contributed by atoms with van der Waals surface area (Å²) in [5.41, 5.74) is 4.45. The van der Waals surface area contributed by atoms with Gasteiger partial charge in [-0.15, -0.1) is 0 Å². The molecule has 2 rings (SSSR count). The van der Waals surface area contributed by atoms with Crippen LogP contribution in [0.25, 0.3) is 11.3 Å². The zero-order chi connectivity index (χ0) is 15.2. The van der Waals surface area contributed by atoms with E-state index >= 15 is 0 Å². The number of rotatable bonds is 6. The van der Waals surface area contributed by atoms with Crippen molar-refractivity contribution in [1.29, 1.82) is 0 Å². The average Bonchev–Trinajstić information content (AvgIpc) is 2.48. The van der Waals surface area contributed by atoms with Crippen LogP contribution in [0.4, 0.5) is 0 Å². The molecule has 0 saturated carbocycles. The molecule has 0 amide bonds. The minimum absolute atomic E-state index is 0.664. The highest BCUT2D eigenvalue weighted by Gasteiger charge is 2.05. The van der Waals surface area contributed by atoms with Crippen molar-refractivity contribution >= 4 is 0 Å². The van der Waals surface area contributed by atoms with Crippen LogP contribution < -0.4 is 10.1 Å². The molecular weight excluding hydrogens is 260 g/mol. The summed E-state index contributed by atoms with van der Waals surface area (Å²) in [5, 5.41) is 3.46. The number of pyridine rings is 1. The second-order valence-electron chi connectivity index (χ2n) is 5.69. The summed E-state index contributed by atoms with van der Waals surface area (Å²) in [7, 11) is 1.68. The first-order chi connectivity index (χ1) is 10.1. The van der Waals surface area contributed by atoms with Gasteiger partial charge in [-0.1, -0.05) is 19.9 Å². The fourth-order valence-corrected chi connectivity index (χ4v) is 2.19. The number of hydrogen-bond acceptors (Lipinski definition) is 3. The van der Waals surface area contributed by atoms with Crippen molar-refractivity contribution in [2.45, 2.75) is 27.3 Å². The maximum atomic E-state index is 5.18. The molecule has 0 aliphatic heterocycles. The zero-order valence-corrected chi connectivity index (χ0v) is 13.3. The zero-order valence-electron chi connectivity index (χ0n) is 13.3. The third kappa shape index (κ3) is 4.30. The van der Waals surface area contributed by atoms with E-state index in [9.17, 15) is 0 Å². The van der Waals surface area contributed by atoms with Gasteiger partial charge in [0.25, 0.3) is 0 Å². The predicted octanol–water partition coefficient (Wildman–Crippen LogP) is 3.81. The molecule has 0 aliphatic rings. The van der Waals surface area contributed by atoms with Crippen LogP contribution in [0.15, 0.2) is 36.4 Å². The standard InChI is InChI=1S/C18H24N2O/c1-13(2)11-19-12-16-7-10-18(20-14(16)3)15-5-8-17(21-4)9-6-15/h5-10,13,19H,11-12H2,1-4H3. The summed E-state index contributed by atoms with van der Waals surface area (Å²) < 4.78 is 5.18. The lowest BCUT2D eigenvalue weighted by Crippen LogP contribution is -2.19. The van der Waals surface area contributed by atoms with Crippen LogP contribution in [-0.4, -0.2) is 18.6 Å². The number of benzene rings is 1. The van der Waals surface area contributed by atoms with E-state index in [0.29, 0.717) is 5.92 Å². The summed E-state index contributed by atoms with van der Waals surface area (Å²) in [6, 6.07) is 12.2. The molecule has 0 fully saturated rings. The van der Waals surface area contributed by atoms with Crippen molar-refractivity contribution in [3.05, 3.63) is 47.7 Å². The number of aryl methyl sites for hydroxylation is 1. The van der Waals surface area contributed by atoms with Gasteiger partial charge in [0.2, 0.25) is 0 Å². The lowest BCUT2D eigenvalue weighted by atomic mass is 10.1. The van der Waals surface area contributed by atoms with Crippen molar-refractivity contribution in [2.24, 2.45) is 5.92 Å². The molecule has 3 heteroatoms. The molecule has 0 unspecified atom stereocenters. The van der Waals surface area contributed by atoms with Gasteiger partial charge in [0.1, 0.15) is 5.75 Å². The summed E-state index contributed by atoms with van der Waals surface area (Å²) in [4.78, 5) is 4.72. The van der Waals surface area contributed by atoms with E-state index in [0.717, 1.165) is 35.8 Å². The topological polar surface area (TPSA) is 34.1 Å². The summed E-state index contributed by atoms with van der Waals surface area (Å²) in [6.07, 6.45) is 0. The van der Waals surface area contributed by atoms with Crippen molar-refractivity contribution in [1.82, 2.24) is 10.3 Å². The van der Waals surface area contributed by atoms with Crippen LogP contribution in [0.1, 0.15) is 25.1 Å². The molecule has 2 aromatic rings. The molecule has 112 valence electrons. The second kappa shape index (κ2) is 7.23. The highest BCUT2D eigenvalue weighted by atomic mass is 16.5. The van der Waals surface area contributed by atoms with Gasteiger partial charge in [-0.2, -0.15) is 0 Å². The Morgan fingerprint density at radius 2 is 1.81 bits per heavy atom. The number of methoxy groups -OCH3 is 1. The molecule has 0 spiro atoms. The first kappa shape index (κ1) is 15.5. The van der Waals surface area contributed by atoms with Gasteiger partial charge in [0.15, 0.2) is 0 Å². The van der Waals surface area contributed by atoms with E-state index in [4.69, 9.17) is 9.72 Å². The van der Waals surface area contributed by atoms with Crippen molar-refractivity contribution < 1.29 is 4.74 Å². The van der Waals surface area contributed by atoms with E-state index in [-0.39, 0.29) is 0 Å². The van der Waals surface area contributed by atoms with Crippen molar-refractivity contribution in [3.63, 3.8) is 0 Å². The average molecular weight is 284 g/mol. The maximum Gasteiger partial charge on any atom is 0.118 e. The van der Waals surface area contributed by atoms with Gasteiger partial charge in [-0.25, -0.2) is 0 Å². The monoisotopic (exact) mass is 284 g/mol.